The van der Waals surface area contributed by atoms with Gasteiger partial charge in [-0.05, 0) is 51.2 Å². The Hall–Kier alpha value is -1.92. The van der Waals surface area contributed by atoms with Gasteiger partial charge in [0.15, 0.2) is 6.29 Å². The number of ether oxygens (including phenoxy) is 4. The zero-order valence-electron chi connectivity index (χ0n) is 27.0. The van der Waals surface area contributed by atoms with E-state index in [1.807, 2.05) is 25.1 Å². The van der Waals surface area contributed by atoms with E-state index in [4.69, 9.17) is 18.9 Å². The van der Waals surface area contributed by atoms with Crippen LogP contribution in [-0.4, -0.2) is 43.7 Å². The van der Waals surface area contributed by atoms with Crippen LogP contribution in [0, 0.1) is 5.92 Å². The number of rotatable bonds is 24. The van der Waals surface area contributed by atoms with Crippen molar-refractivity contribution in [1.29, 1.82) is 0 Å². The van der Waals surface area contributed by atoms with Crippen LogP contribution in [0.3, 0.4) is 0 Å². The first-order chi connectivity index (χ1) is 20.6. The molecule has 0 aromatic heterocycles. The maximum atomic E-state index is 13.3. The molecule has 0 N–H and O–H groups in total. The predicted molar refractivity (Wildman–Crippen MR) is 169 cm³/mol. The van der Waals surface area contributed by atoms with Gasteiger partial charge in [-0.25, -0.2) is 4.79 Å². The van der Waals surface area contributed by atoms with E-state index in [2.05, 4.69) is 13.8 Å². The first kappa shape index (κ1) is 36.3. The summed E-state index contributed by atoms with van der Waals surface area (Å²) in [7, 11) is 0. The maximum Gasteiger partial charge on any atom is 0.338 e. The van der Waals surface area contributed by atoms with Crippen LogP contribution in [0.25, 0.3) is 0 Å². The molecule has 0 saturated carbocycles. The number of carbonyl (C=O) groups excluding carboxylic acids is 2. The predicted octanol–water partition coefficient (Wildman–Crippen LogP) is 9.58. The van der Waals surface area contributed by atoms with Crippen LogP contribution in [-0.2, 0) is 23.7 Å². The van der Waals surface area contributed by atoms with Crippen LogP contribution in [0.2, 0.25) is 0 Å². The van der Waals surface area contributed by atoms with Crippen molar-refractivity contribution in [2.24, 2.45) is 5.92 Å². The molecular weight excluding hydrogens is 528 g/mol. The summed E-state index contributed by atoms with van der Waals surface area (Å²) in [6, 6.07) is 9.05. The molecule has 0 spiro atoms. The van der Waals surface area contributed by atoms with Gasteiger partial charge in [0.1, 0.15) is 6.10 Å². The lowest BCUT2D eigenvalue weighted by Gasteiger charge is -2.32. The second-order valence-electron chi connectivity index (χ2n) is 11.9. The lowest BCUT2D eigenvalue weighted by Crippen LogP contribution is -2.38. The molecule has 1 aliphatic rings. The summed E-state index contributed by atoms with van der Waals surface area (Å²) >= 11 is 0. The summed E-state index contributed by atoms with van der Waals surface area (Å²) in [6.45, 7) is 7.27. The number of benzene rings is 1. The highest BCUT2D eigenvalue weighted by Crippen LogP contribution is 2.28. The van der Waals surface area contributed by atoms with E-state index in [0.29, 0.717) is 31.6 Å². The smallest absolute Gasteiger partial charge is 0.338 e. The standard InChI is InChI=1S/C36H60O6/c1-4-7-9-11-12-13-14-15-19-25-31(41-34-27-21-22-28-40-34)29-33(42-35(37)30-23-17-16-18-24-30)32(36(38)39-6-3)26-20-10-8-5-2/h16-18,23-24,31-34H,4-15,19-22,25-29H2,1-3H3/t31-,32+,33+,34?/m1/s1. The first-order valence-electron chi connectivity index (χ1n) is 17.3. The zero-order chi connectivity index (χ0) is 30.3. The number of hydrogen-bond donors (Lipinski definition) is 0. The van der Waals surface area contributed by atoms with Crippen molar-refractivity contribution in [3.8, 4) is 0 Å². The minimum atomic E-state index is -0.620. The summed E-state index contributed by atoms with van der Waals surface area (Å²) in [6.07, 6.45) is 19.5. The lowest BCUT2D eigenvalue weighted by atomic mass is 9.90. The molecule has 240 valence electrons. The average Bonchev–Trinajstić information content (AvgIpc) is 3.01. The highest BCUT2D eigenvalue weighted by atomic mass is 16.7. The van der Waals surface area contributed by atoms with Crippen LogP contribution in [0.5, 0.6) is 0 Å². The molecule has 0 aliphatic carbocycles. The molecule has 1 aromatic rings. The Morgan fingerprint density at radius 3 is 2.05 bits per heavy atom. The number of hydrogen-bond acceptors (Lipinski definition) is 6. The van der Waals surface area contributed by atoms with E-state index in [0.717, 1.165) is 64.2 Å². The fraction of sp³-hybridized carbons (Fsp3) is 0.778. The summed E-state index contributed by atoms with van der Waals surface area (Å²) in [5.41, 5.74) is 0.489. The monoisotopic (exact) mass is 588 g/mol. The molecule has 0 bridgehead atoms. The van der Waals surface area contributed by atoms with Crippen molar-refractivity contribution < 1.29 is 28.5 Å². The highest BCUT2D eigenvalue weighted by molar-refractivity contribution is 5.89. The molecule has 0 radical (unpaired) electrons. The zero-order valence-corrected chi connectivity index (χ0v) is 27.0. The van der Waals surface area contributed by atoms with Crippen LogP contribution in [0.4, 0.5) is 0 Å². The van der Waals surface area contributed by atoms with Crippen molar-refractivity contribution in [3.05, 3.63) is 35.9 Å². The van der Waals surface area contributed by atoms with Gasteiger partial charge >= 0.3 is 11.9 Å². The summed E-state index contributed by atoms with van der Waals surface area (Å²) < 4.78 is 24.2. The van der Waals surface area contributed by atoms with Crippen LogP contribution >= 0.6 is 0 Å². The van der Waals surface area contributed by atoms with E-state index < -0.39 is 18.0 Å². The molecule has 1 unspecified atom stereocenters. The van der Waals surface area contributed by atoms with Crippen LogP contribution < -0.4 is 0 Å². The first-order valence-corrected chi connectivity index (χ1v) is 17.3. The fourth-order valence-corrected chi connectivity index (χ4v) is 5.79. The molecule has 0 amide bonds. The van der Waals surface area contributed by atoms with Gasteiger partial charge in [0.25, 0.3) is 0 Å². The average molecular weight is 589 g/mol. The Bertz CT molecular complexity index is 806. The normalized spacial score (nSPS) is 17.4. The van der Waals surface area contributed by atoms with E-state index in [9.17, 15) is 9.59 Å². The Balaban J connectivity index is 2.14. The number of carbonyl (C=O) groups is 2. The molecule has 1 saturated heterocycles. The SMILES string of the molecule is CCCCCCCCCCC[C@H](C[C@H](OC(=O)c1ccccc1)[C@H](CCCCCC)C(=O)OCC)OC1CCCCO1. The minimum Gasteiger partial charge on any atom is -0.466 e. The Morgan fingerprint density at radius 2 is 1.43 bits per heavy atom. The van der Waals surface area contributed by atoms with E-state index in [1.54, 1.807) is 12.1 Å². The molecule has 1 aromatic carbocycles. The molecule has 42 heavy (non-hydrogen) atoms. The van der Waals surface area contributed by atoms with Gasteiger partial charge in [-0.1, -0.05) is 116 Å². The topological polar surface area (TPSA) is 71.1 Å². The van der Waals surface area contributed by atoms with Gasteiger partial charge in [-0.3, -0.25) is 4.79 Å². The molecular formula is C36H60O6. The summed E-state index contributed by atoms with van der Waals surface area (Å²) in [5, 5.41) is 0. The van der Waals surface area contributed by atoms with Crippen LogP contribution in [0.15, 0.2) is 30.3 Å². The van der Waals surface area contributed by atoms with Gasteiger partial charge < -0.3 is 18.9 Å². The van der Waals surface area contributed by atoms with Crippen molar-refractivity contribution in [3.63, 3.8) is 0 Å². The third-order valence-corrected chi connectivity index (χ3v) is 8.28. The largest absolute Gasteiger partial charge is 0.466 e. The van der Waals surface area contributed by atoms with Gasteiger partial charge in [0, 0.05) is 13.0 Å². The molecule has 1 heterocycles. The van der Waals surface area contributed by atoms with Crippen molar-refractivity contribution in [2.45, 2.75) is 161 Å². The molecule has 6 nitrogen and oxygen atoms in total. The number of esters is 2. The minimum absolute atomic E-state index is 0.154. The Morgan fingerprint density at radius 1 is 0.810 bits per heavy atom. The van der Waals surface area contributed by atoms with Crippen molar-refractivity contribution >= 4 is 11.9 Å². The van der Waals surface area contributed by atoms with Crippen molar-refractivity contribution in [1.82, 2.24) is 0 Å². The number of unbranched alkanes of at least 4 members (excludes halogenated alkanes) is 11. The highest BCUT2D eigenvalue weighted by Gasteiger charge is 2.35. The van der Waals surface area contributed by atoms with E-state index in [-0.39, 0.29) is 18.4 Å². The maximum absolute atomic E-state index is 13.3. The third kappa shape index (κ3) is 15.5. The van der Waals surface area contributed by atoms with Crippen LogP contribution in [0.1, 0.15) is 153 Å². The molecule has 6 heteroatoms. The Labute approximate surface area is 256 Å². The van der Waals surface area contributed by atoms with Crippen molar-refractivity contribution in [2.75, 3.05) is 13.2 Å². The molecule has 1 aliphatic heterocycles. The Kier molecular flexibility index (Phi) is 20.3. The third-order valence-electron chi connectivity index (χ3n) is 8.28. The van der Waals surface area contributed by atoms with E-state index >= 15 is 0 Å². The second kappa shape index (κ2) is 23.5. The quantitative estimate of drug-likeness (QED) is 0.0884. The van der Waals surface area contributed by atoms with Gasteiger partial charge in [-0.15, -0.1) is 0 Å². The lowest BCUT2D eigenvalue weighted by molar-refractivity contribution is -0.196. The van der Waals surface area contributed by atoms with Gasteiger partial charge in [-0.2, -0.15) is 0 Å². The molecule has 2 rings (SSSR count). The second-order valence-corrected chi connectivity index (χ2v) is 11.9. The summed E-state index contributed by atoms with van der Waals surface area (Å²) in [4.78, 5) is 26.6. The fourth-order valence-electron chi connectivity index (χ4n) is 5.79. The van der Waals surface area contributed by atoms with Gasteiger partial charge in [0.05, 0.1) is 24.2 Å². The molecule has 4 atom stereocenters. The molecule has 1 fully saturated rings. The van der Waals surface area contributed by atoms with E-state index in [1.165, 1.54) is 44.9 Å². The summed E-state index contributed by atoms with van der Waals surface area (Å²) in [5.74, 6) is -1.20. The van der Waals surface area contributed by atoms with Gasteiger partial charge in [0.2, 0.25) is 0 Å².